The summed E-state index contributed by atoms with van der Waals surface area (Å²) in [4.78, 5) is 26.3. The van der Waals surface area contributed by atoms with Gasteiger partial charge in [0.1, 0.15) is 17.1 Å². The molecule has 0 aliphatic carbocycles. The van der Waals surface area contributed by atoms with Gasteiger partial charge in [0.2, 0.25) is 0 Å². The highest BCUT2D eigenvalue weighted by Crippen LogP contribution is 2.35. The highest BCUT2D eigenvalue weighted by Gasteiger charge is 2.30. The maximum absolute atomic E-state index is 12.2. The number of phenolic OH excluding ortho intramolecular Hbond substituents is 1. The topological polar surface area (TPSA) is 92.0 Å². The van der Waals surface area contributed by atoms with Crippen molar-refractivity contribution < 1.29 is 19.1 Å². The van der Waals surface area contributed by atoms with Gasteiger partial charge in [0, 0.05) is 31.1 Å². The first-order chi connectivity index (χ1) is 14.0. The fourth-order valence-corrected chi connectivity index (χ4v) is 3.68. The van der Waals surface area contributed by atoms with Crippen LogP contribution >= 0.6 is 0 Å². The van der Waals surface area contributed by atoms with Crippen molar-refractivity contribution in [3.8, 4) is 11.5 Å². The summed E-state index contributed by atoms with van der Waals surface area (Å²) >= 11 is 0. The molecule has 0 saturated heterocycles. The molecule has 7 nitrogen and oxygen atoms in total. The number of nitrogens with zero attached hydrogens (tertiary/aromatic N) is 1. The molecule has 7 heteroatoms. The second-order valence-corrected chi connectivity index (χ2v) is 6.99. The van der Waals surface area contributed by atoms with Gasteiger partial charge in [-0.3, -0.25) is 4.79 Å². The van der Waals surface area contributed by atoms with E-state index in [0.29, 0.717) is 30.8 Å². The minimum atomic E-state index is -0.656. The number of nitrogens with one attached hydrogen (secondary N) is 1. The molecule has 2 heterocycles. The molecule has 1 aromatic heterocycles. The number of aryl methyl sites for hydroxylation is 1. The number of amides is 1. The van der Waals surface area contributed by atoms with Gasteiger partial charge in [-0.25, -0.2) is 4.79 Å². The standard InChI is InChI=1S/C22H22N2O5/c1-3-13-8-15-14(9-21(26)29-19(15)10-17(13)25)11-24-12-20(22(27)23-2)28-18-7-5-4-6-16(18)24/h4-10,20,25H,3,11-12H2,1-2H3,(H,23,27)/t20-/m1/s1. The average molecular weight is 394 g/mol. The first kappa shape index (κ1) is 18.9. The number of para-hydroxylation sites is 2. The van der Waals surface area contributed by atoms with Crippen LogP contribution in [0.5, 0.6) is 11.5 Å². The lowest BCUT2D eigenvalue weighted by Crippen LogP contribution is -2.48. The Labute approximate surface area is 167 Å². The van der Waals surface area contributed by atoms with Crippen LogP contribution in [-0.2, 0) is 17.8 Å². The van der Waals surface area contributed by atoms with Gasteiger partial charge >= 0.3 is 5.63 Å². The Hall–Kier alpha value is -3.48. The van der Waals surface area contributed by atoms with Crippen molar-refractivity contribution in [2.24, 2.45) is 0 Å². The van der Waals surface area contributed by atoms with E-state index in [2.05, 4.69) is 5.32 Å². The van der Waals surface area contributed by atoms with Crippen LogP contribution in [0.3, 0.4) is 0 Å². The second kappa shape index (κ2) is 7.50. The number of aromatic hydroxyl groups is 1. The highest BCUT2D eigenvalue weighted by molar-refractivity contribution is 5.84. The number of ether oxygens (including phenoxy) is 1. The largest absolute Gasteiger partial charge is 0.508 e. The van der Waals surface area contributed by atoms with Crippen molar-refractivity contribution in [2.75, 3.05) is 18.5 Å². The number of anilines is 1. The summed E-state index contributed by atoms with van der Waals surface area (Å²) < 4.78 is 11.1. The molecule has 1 aliphatic heterocycles. The number of benzene rings is 2. The minimum absolute atomic E-state index is 0.108. The van der Waals surface area contributed by atoms with Crippen molar-refractivity contribution in [1.82, 2.24) is 5.32 Å². The van der Waals surface area contributed by atoms with E-state index in [1.165, 1.54) is 12.1 Å². The molecule has 1 amide bonds. The van der Waals surface area contributed by atoms with E-state index in [0.717, 1.165) is 22.2 Å². The Balaban J connectivity index is 1.79. The number of phenols is 1. The minimum Gasteiger partial charge on any atom is -0.508 e. The molecule has 150 valence electrons. The number of carbonyl (C=O) groups excluding carboxylic acids is 1. The van der Waals surface area contributed by atoms with Crippen molar-refractivity contribution in [2.45, 2.75) is 26.0 Å². The maximum Gasteiger partial charge on any atom is 0.336 e. The third-order valence-corrected chi connectivity index (χ3v) is 5.17. The van der Waals surface area contributed by atoms with Crippen LogP contribution in [0.4, 0.5) is 5.69 Å². The molecule has 0 bridgehead atoms. The van der Waals surface area contributed by atoms with Crippen molar-refractivity contribution in [3.05, 3.63) is 64.0 Å². The zero-order valence-electron chi connectivity index (χ0n) is 16.3. The quantitative estimate of drug-likeness (QED) is 0.661. The zero-order valence-corrected chi connectivity index (χ0v) is 16.3. The van der Waals surface area contributed by atoms with E-state index in [9.17, 15) is 14.7 Å². The summed E-state index contributed by atoms with van der Waals surface area (Å²) in [6.45, 7) is 2.69. The molecule has 1 aliphatic rings. The molecule has 0 fully saturated rings. The summed E-state index contributed by atoms with van der Waals surface area (Å²) in [6.07, 6.45) is -0.00373. The van der Waals surface area contributed by atoms with Gasteiger partial charge < -0.3 is 24.5 Å². The van der Waals surface area contributed by atoms with E-state index in [4.69, 9.17) is 9.15 Å². The first-order valence-electron chi connectivity index (χ1n) is 9.51. The van der Waals surface area contributed by atoms with Gasteiger partial charge in [0.05, 0.1) is 12.2 Å². The van der Waals surface area contributed by atoms with Crippen molar-refractivity contribution in [1.29, 1.82) is 0 Å². The van der Waals surface area contributed by atoms with Crippen LogP contribution in [0, 0.1) is 0 Å². The molecule has 0 saturated carbocycles. The van der Waals surface area contributed by atoms with Crippen LogP contribution in [0.15, 0.2) is 51.7 Å². The Morgan fingerprint density at radius 1 is 1.24 bits per heavy atom. The number of carbonyl (C=O) groups is 1. The molecule has 3 aromatic rings. The third kappa shape index (κ3) is 3.51. The fraction of sp³-hybridized carbons (Fsp3) is 0.273. The fourth-order valence-electron chi connectivity index (χ4n) is 3.68. The zero-order chi connectivity index (χ0) is 20.5. The van der Waals surface area contributed by atoms with Crippen LogP contribution in [-0.4, -0.2) is 30.7 Å². The molecule has 2 aromatic carbocycles. The van der Waals surface area contributed by atoms with Gasteiger partial charge in [-0.05, 0) is 35.7 Å². The number of fused-ring (bicyclic) bond motifs is 2. The number of hydrogen-bond acceptors (Lipinski definition) is 6. The summed E-state index contributed by atoms with van der Waals surface area (Å²) in [5, 5.41) is 13.5. The summed E-state index contributed by atoms with van der Waals surface area (Å²) in [5.41, 5.74) is 2.24. The predicted molar refractivity (Wildman–Crippen MR) is 110 cm³/mol. The Bertz CT molecular complexity index is 1140. The molecule has 2 N–H and O–H groups in total. The van der Waals surface area contributed by atoms with Gasteiger partial charge in [-0.2, -0.15) is 0 Å². The number of hydrogen-bond donors (Lipinski definition) is 2. The summed E-state index contributed by atoms with van der Waals surface area (Å²) in [5.74, 6) is 0.517. The lowest BCUT2D eigenvalue weighted by Gasteiger charge is -2.35. The van der Waals surface area contributed by atoms with Crippen LogP contribution in [0.2, 0.25) is 0 Å². The Morgan fingerprint density at radius 3 is 2.79 bits per heavy atom. The van der Waals surface area contributed by atoms with Crippen molar-refractivity contribution >= 4 is 22.6 Å². The normalized spacial score (nSPS) is 15.7. The highest BCUT2D eigenvalue weighted by atomic mass is 16.5. The van der Waals surface area contributed by atoms with E-state index in [1.54, 1.807) is 7.05 Å². The smallest absolute Gasteiger partial charge is 0.336 e. The maximum atomic E-state index is 12.2. The number of likely N-dealkylation sites (N-methyl/N-ethyl adjacent to an activating group) is 1. The molecular weight excluding hydrogens is 372 g/mol. The first-order valence-corrected chi connectivity index (χ1v) is 9.51. The van der Waals surface area contributed by atoms with Gasteiger partial charge in [0.15, 0.2) is 6.10 Å². The molecular formula is C22H22N2O5. The third-order valence-electron chi connectivity index (χ3n) is 5.17. The van der Waals surface area contributed by atoms with Gasteiger partial charge in [0.25, 0.3) is 5.91 Å². The van der Waals surface area contributed by atoms with E-state index in [1.807, 2.05) is 42.2 Å². The summed E-state index contributed by atoms with van der Waals surface area (Å²) in [7, 11) is 1.57. The molecule has 0 radical (unpaired) electrons. The summed E-state index contributed by atoms with van der Waals surface area (Å²) in [6, 6.07) is 12.3. The second-order valence-electron chi connectivity index (χ2n) is 6.99. The van der Waals surface area contributed by atoms with E-state index in [-0.39, 0.29) is 11.7 Å². The molecule has 0 unspecified atom stereocenters. The van der Waals surface area contributed by atoms with Crippen LogP contribution in [0.25, 0.3) is 11.0 Å². The van der Waals surface area contributed by atoms with E-state index >= 15 is 0 Å². The molecule has 29 heavy (non-hydrogen) atoms. The monoisotopic (exact) mass is 394 g/mol. The lowest BCUT2D eigenvalue weighted by molar-refractivity contribution is -0.127. The molecule has 4 rings (SSSR count). The SMILES string of the molecule is CCc1cc2c(CN3C[C@H](C(=O)NC)Oc4ccccc43)cc(=O)oc2cc1O. The van der Waals surface area contributed by atoms with Crippen LogP contribution in [0.1, 0.15) is 18.1 Å². The van der Waals surface area contributed by atoms with Gasteiger partial charge in [-0.15, -0.1) is 0 Å². The Morgan fingerprint density at radius 2 is 2.03 bits per heavy atom. The lowest BCUT2D eigenvalue weighted by atomic mass is 10.0. The number of rotatable bonds is 4. The predicted octanol–water partition coefficient (Wildman–Crippen LogP) is 2.57. The molecule has 1 atom stereocenters. The Kier molecular flexibility index (Phi) is 4.88. The van der Waals surface area contributed by atoms with E-state index < -0.39 is 11.7 Å². The van der Waals surface area contributed by atoms with Crippen LogP contribution < -0.4 is 20.6 Å². The molecule has 0 spiro atoms. The average Bonchev–Trinajstić information content (AvgIpc) is 2.72. The van der Waals surface area contributed by atoms with Crippen molar-refractivity contribution in [3.63, 3.8) is 0 Å². The van der Waals surface area contributed by atoms with Gasteiger partial charge in [-0.1, -0.05) is 19.1 Å².